The number of anilines is 1. The SMILES string of the molecule is CNC(=O)COc1cccc(NC(=O)NCC(C)Cn2cccn2)c1. The number of amides is 3. The van der Waals surface area contributed by atoms with Crippen molar-refractivity contribution >= 4 is 17.6 Å². The lowest BCUT2D eigenvalue weighted by Gasteiger charge is -2.14. The molecule has 0 aliphatic heterocycles. The highest BCUT2D eigenvalue weighted by Crippen LogP contribution is 2.17. The van der Waals surface area contributed by atoms with Crippen molar-refractivity contribution in [1.82, 2.24) is 20.4 Å². The Bertz CT molecular complexity index is 687. The van der Waals surface area contributed by atoms with Gasteiger partial charge in [0.2, 0.25) is 0 Å². The van der Waals surface area contributed by atoms with Crippen molar-refractivity contribution in [3.05, 3.63) is 42.7 Å². The van der Waals surface area contributed by atoms with Crippen molar-refractivity contribution in [1.29, 1.82) is 0 Å². The Kier molecular flexibility index (Phi) is 6.82. The number of nitrogens with one attached hydrogen (secondary N) is 3. The maximum atomic E-state index is 12.0. The number of rotatable bonds is 8. The summed E-state index contributed by atoms with van der Waals surface area (Å²) in [6.07, 6.45) is 3.62. The summed E-state index contributed by atoms with van der Waals surface area (Å²) in [6.45, 7) is 3.22. The lowest BCUT2D eigenvalue weighted by Crippen LogP contribution is -2.33. The molecule has 1 atom stereocenters. The monoisotopic (exact) mass is 345 g/mol. The molecule has 0 fully saturated rings. The van der Waals surface area contributed by atoms with Gasteiger partial charge < -0.3 is 20.7 Å². The third kappa shape index (κ3) is 6.54. The quantitative estimate of drug-likeness (QED) is 0.675. The standard InChI is InChI=1S/C17H23N5O3/c1-13(11-22-8-4-7-20-22)10-19-17(24)21-14-5-3-6-15(9-14)25-12-16(23)18-2/h3-9,13H,10-12H2,1-2H3,(H,18,23)(H2,19,21,24). The third-order valence-corrected chi connectivity index (χ3v) is 3.41. The summed E-state index contributed by atoms with van der Waals surface area (Å²) >= 11 is 0. The predicted molar refractivity (Wildman–Crippen MR) is 94.4 cm³/mol. The molecule has 0 aliphatic carbocycles. The number of carbonyl (C=O) groups excluding carboxylic acids is 2. The molecular weight excluding hydrogens is 322 g/mol. The summed E-state index contributed by atoms with van der Waals surface area (Å²) in [5.41, 5.74) is 0.589. The number of nitrogens with zero attached hydrogens (tertiary/aromatic N) is 2. The highest BCUT2D eigenvalue weighted by atomic mass is 16.5. The summed E-state index contributed by atoms with van der Waals surface area (Å²) in [5.74, 6) is 0.531. The minimum absolute atomic E-state index is 0.0723. The van der Waals surface area contributed by atoms with Crippen LogP contribution >= 0.6 is 0 Å². The maximum absolute atomic E-state index is 12.0. The Labute approximate surface area is 146 Å². The molecule has 3 N–H and O–H groups in total. The van der Waals surface area contributed by atoms with E-state index in [1.165, 1.54) is 0 Å². The number of aromatic nitrogens is 2. The zero-order chi connectivity index (χ0) is 18.1. The van der Waals surface area contributed by atoms with Crippen LogP contribution in [0.1, 0.15) is 6.92 Å². The van der Waals surface area contributed by atoms with E-state index in [-0.39, 0.29) is 24.5 Å². The van der Waals surface area contributed by atoms with E-state index in [2.05, 4.69) is 21.0 Å². The summed E-state index contributed by atoms with van der Waals surface area (Å²) < 4.78 is 7.18. The largest absolute Gasteiger partial charge is 0.484 e. The van der Waals surface area contributed by atoms with Gasteiger partial charge in [-0.05, 0) is 24.1 Å². The minimum Gasteiger partial charge on any atom is -0.484 e. The number of hydrogen-bond donors (Lipinski definition) is 3. The second kappa shape index (κ2) is 9.31. The molecule has 0 bridgehead atoms. The van der Waals surface area contributed by atoms with Crippen LogP contribution in [0.3, 0.4) is 0 Å². The van der Waals surface area contributed by atoms with Crippen LogP contribution < -0.4 is 20.7 Å². The molecule has 2 aromatic rings. The van der Waals surface area contributed by atoms with Gasteiger partial charge in [0.1, 0.15) is 5.75 Å². The van der Waals surface area contributed by atoms with Gasteiger partial charge in [0, 0.05) is 44.3 Å². The zero-order valence-electron chi connectivity index (χ0n) is 14.4. The molecule has 3 amide bonds. The first kappa shape index (κ1) is 18.3. The smallest absolute Gasteiger partial charge is 0.319 e. The van der Waals surface area contributed by atoms with Crippen LogP contribution in [0.15, 0.2) is 42.7 Å². The predicted octanol–water partition coefficient (Wildman–Crippen LogP) is 1.47. The Morgan fingerprint density at radius 3 is 2.88 bits per heavy atom. The lowest BCUT2D eigenvalue weighted by molar-refractivity contribution is -0.122. The molecule has 1 unspecified atom stereocenters. The third-order valence-electron chi connectivity index (χ3n) is 3.41. The lowest BCUT2D eigenvalue weighted by atomic mass is 10.2. The van der Waals surface area contributed by atoms with E-state index >= 15 is 0 Å². The van der Waals surface area contributed by atoms with Gasteiger partial charge in [0.25, 0.3) is 5.91 Å². The summed E-state index contributed by atoms with van der Waals surface area (Å²) in [7, 11) is 1.54. The van der Waals surface area contributed by atoms with Gasteiger partial charge in [0.15, 0.2) is 6.61 Å². The van der Waals surface area contributed by atoms with E-state index in [4.69, 9.17) is 4.74 Å². The number of urea groups is 1. The number of ether oxygens (including phenoxy) is 1. The van der Waals surface area contributed by atoms with Crippen LogP contribution in [-0.4, -0.2) is 41.9 Å². The molecule has 134 valence electrons. The number of benzene rings is 1. The van der Waals surface area contributed by atoms with Crippen molar-refractivity contribution in [2.75, 3.05) is 25.5 Å². The molecule has 25 heavy (non-hydrogen) atoms. The van der Waals surface area contributed by atoms with E-state index in [1.807, 2.05) is 23.9 Å². The Morgan fingerprint density at radius 1 is 1.32 bits per heavy atom. The van der Waals surface area contributed by atoms with Crippen molar-refractivity contribution in [2.24, 2.45) is 5.92 Å². The van der Waals surface area contributed by atoms with Gasteiger partial charge in [-0.1, -0.05) is 13.0 Å². The second-order valence-electron chi connectivity index (χ2n) is 5.66. The van der Waals surface area contributed by atoms with E-state index < -0.39 is 0 Å². The first-order valence-corrected chi connectivity index (χ1v) is 8.02. The fraction of sp³-hybridized carbons (Fsp3) is 0.353. The summed E-state index contributed by atoms with van der Waals surface area (Å²) in [5, 5.41) is 12.2. The highest BCUT2D eigenvalue weighted by molar-refractivity contribution is 5.89. The van der Waals surface area contributed by atoms with E-state index in [9.17, 15) is 9.59 Å². The Morgan fingerprint density at radius 2 is 2.16 bits per heavy atom. The zero-order valence-corrected chi connectivity index (χ0v) is 14.4. The minimum atomic E-state index is -0.296. The second-order valence-corrected chi connectivity index (χ2v) is 5.66. The fourth-order valence-electron chi connectivity index (χ4n) is 2.12. The van der Waals surface area contributed by atoms with Crippen molar-refractivity contribution in [3.63, 3.8) is 0 Å². The number of likely N-dealkylation sites (N-methyl/N-ethyl adjacent to an activating group) is 1. The van der Waals surface area contributed by atoms with Crippen LogP contribution in [0.5, 0.6) is 5.75 Å². The molecule has 8 heteroatoms. The average Bonchev–Trinajstić information content (AvgIpc) is 3.11. The van der Waals surface area contributed by atoms with Crippen molar-refractivity contribution in [2.45, 2.75) is 13.5 Å². The fourth-order valence-corrected chi connectivity index (χ4v) is 2.12. The van der Waals surface area contributed by atoms with Crippen LogP contribution in [0.25, 0.3) is 0 Å². The molecule has 0 aliphatic rings. The Balaban J connectivity index is 1.76. The molecule has 0 saturated carbocycles. The van der Waals surface area contributed by atoms with Gasteiger partial charge in [-0.25, -0.2) is 4.79 Å². The maximum Gasteiger partial charge on any atom is 0.319 e. The summed E-state index contributed by atoms with van der Waals surface area (Å²) in [4.78, 5) is 23.2. The van der Waals surface area contributed by atoms with E-state index in [1.54, 1.807) is 37.5 Å². The van der Waals surface area contributed by atoms with Crippen LogP contribution in [0.4, 0.5) is 10.5 Å². The normalized spacial score (nSPS) is 11.4. The van der Waals surface area contributed by atoms with Gasteiger partial charge in [-0.2, -0.15) is 5.10 Å². The molecular formula is C17H23N5O3. The molecule has 1 aromatic heterocycles. The van der Waals surface area contributed by atoms with Gasteiger partial charge in [-0.15, -0.1) is 0 Å². The summed E-state index contributed by atoms with van der Waals surface area (Å²) in [6, 6.07) is 8.45. The van der Waals surface area contributed by atoms with Crippen LogP contribution in [-0.2, 0) is 11.3 Å². The van der Waals surface area contributed by atoms with Gasteiger partial charge >= 0.3 is 6.03 Å². The van der Waals surface area contributed by atoms with E-state index in [0.29, 0.717) is 18.0 Å². The van der Waals surface area contributed by atoms with Crippen LogP contribution in [0, 0.1) is 5.92 Å². The van der Waals surface area contributed by atoms with E-state index in [0.717, 1.165) is 6.54 Å². The molecule has 0 spiro atoms. The average molecular weight is 345 g/mol. The van der Waals surface area contributed by atoms with Crippen molar-refractivity contribution < 1.29 is 14.3 Å². The van der Waals surface area contributed by atoms with Gasteiger partial charge in [-0.3, -0.25) is 9.48 Å². The topological polar surface area (TPSA) is 97.3 Å². The van der Waals surface area contributed by atoms with Crippen LogP contribution in [0.2, 0.25) is 0 Å². The number of hydrogen-bond acceptors (Lipinski definition) is 4. The molecule has 0 radical (unpaired) electrons. The van der Waals surface area contributed by atoms with Crippen molar-refractivity contribution in [3.8, 4) is 5.75 Å². The molecule has 1 heterocycles. The highest BCUT2D eigenvalue weighted by Gasteiger charge is 2.08. The number of carbonyl (C=O) groups is 2. The molecule has 0 saturated heterocycles. The Hall–Kier alpha value is -3.03. The molecule has 1 aromatic carbocycles. The first-order valence-electron chi connectivity index (χ1n) is 8.02. The molecule has 2 rings (SSSR count). The van der Waals surface area contributed by atoms with Gasteiger partial charge in [0.05, 0.1) is 0 Å². The first-order chi connectivity index (χ1) is 12.1. The molecule has 8 nitrogen and oxygen atoms in total.